The molecule has 36 valence electrons. The van der Waals surface area contributed by atoms with Crippen molar-refractivity contribution < 1.29 is 9.13 Å². The second-order valence-electron chi connectivity index (χ2n) is 0.224. The molecule has 7 heteroatoms. The molecule has 0 bridgehead atoms. The van der Waals surface area contributed by atoms with Crippen LogP contribution < -0.4 is 0 Å². The SMILES string of the molecule is Cl.O=P(=O)[S].[Li].[Si]. The van der Waals surface area contributed by atoms with Crippen molar-refractivity contribution in [3.8, 4) is 0 Å². The number of rotatable bonds is 0. The van der Waals surface area contributed by atoms with Gasteiger partial charge in [0.15, 0.2) is 0 Å². The van der Waals surface area contributed by atoms with Gasteiger partial charge in [0.25, 0.3) is 0 Å². The Morgan fingerprint density at radius 3 is 1.29 bits per heavy atom. The summed E-state index contributed by atoms with van der Waals surface area (Å²) in [6.45, 7) is -2.54. The molecule has 0 spiro atoms. The van der Waals surface area contributed by atoms with E-state index in [2.05, 4.69) is 12.2 Å². The van der Waals surface area contributed by atoms with Crippen molar-refractivity contribution in [2.45, 2.75) is 0 Å². The van der Waals surface area contributed by atoms with Crippen molar-refractivity contribution in [2.24, 2.45) is 0 Å². The Morgan fingerprint density at radius 1 is 1.29 bits per heavy atom. The number of hydrogen-bond donors (Lipinski definition) is 0. The first kappa shape index (κ1) is 23.8. The first-order valence-electron chi connectivity index (χ1n) is 0.548. The van der Waals surface area contributed by atoms with Crippen molar-refractivity contribution in [2.75, 3.05) is 0 Å². The molecule has 0 saturated heterocycles. The summed E-state index contributed by atoms with van der Waals surface area (Å²) in [4.78, 5) is 0. The van der Waals surface area contributed by atoms with E-state index >= 15 is 0 Å². The van der Waals surface area contributed by atoms with E-state index in [0.29, 0.717) is 0 Å². The summed E-state index contributed by atoms with van der Waals surface area (Å²) >= 11 is 3.57. The predicted octanol–water partition coefficient (Wildman–Crippen LogP) is 0.932. The van der Waals surface area contributed by atoms with Crippen molar-refractivity contribution in [3.63, 3.8) is 0 Å². The van der Waals surface area contributed by atoms with Gasteiger partial charge in [0.05, 0.1) is 12.2 Å². The monoisotopic (exact) mass is 166 g/mol. The summed E-state index contributed by atoms with van der Waals surface area (Å²) in [5, 5.41) is 0. The molecule has 0 aliphatic carbocycles. The van der Waals surface area contributed by atoms with E-state index in [1.807, 2.05) is 0 Å². The van der Waals surface area contributed by atoms with Gasteiger partial charge in [-0.3, -0.25) is 0 Å². The van der Waals surface area contributed by atoms with Gasteiger partial charge in [0, 0.05) is 29.8 Å². The third-order valence-corrected chi connectivity index (χ3v) is 0. The topological polar surface area (TPSA) is 34.1 Å². The molecule has 0 atom stereocenters. The molecule has 0 fully saturated rings. The van der Waals surface area contributed by atoms with Crippen LogP contribution in [0.15, 0.2) is 0 Å². The molecule has 0 aliphatic rings. The molecule has 0 aromatic rings. The van der Waals surface area contributed by atoms with Crippen LogP contribution in [-0.2, 0) is 9.13 Å². The van der Waals surface area contributed by atoms with Crippen molar-refractivity contribution in [3.05, 3.63) is 0 Å². The first-order valence-corrected chi connectivity index (χ1v) is 2.74. The fourth-order valence-electron chi connectivity index (χ4n) is 0. The van der Waals surface area contributed by atoms with Crippen LogP contribution in [0.25, 0.3) is 0 Å². The first-order chi connectivity index (χ1) is 1.73. The molecule has 6 radical (unpaired) electrons. The molecule has 2 nitrogen and oxygen atoms in total. The van der Waals surface area contributed by atoms with E-state index in [-0.39, 0.29) is 42.2 Å². The zero-order valence-electron chi connectivity index (χ0n) is 3.58. The molecule has 0 aliphatic heterocycles. The number of halogens is 1. The van der Waals surface area contributed by atoms with Crippen LogP contribution in [0, 0.1) is 0 Å². The second kappa shape index (κ2) is 15.7. The minimum absolute atomic E-state index is 0. The van der Waals surface area contributed by atoms with Crippen molar-refractivity contribution >= 4 is 61.4 Å². The van der Waals surface area contributed by atoms with Gasteiger partial charge in [-0.05, 0) is 0 Å². The maximum absolute atomic E-state index is 8.85. The summed E-state index contributed by atoms with van der Waals surface area (Å²) in [6, 6.07) is 0. The fourth-order valence-corrected chi connectivity index (χ4v) is 0. The smallest absolute Gasteiger partial charge is 0.224 e. The Hall–Kier alpha value is 1.35. The van der Waals surface area contributed by atoms with Crippen molar-refractivity contribution in [1.82, 2.24) is 0 Å². The Balaban J connectivity index is -0.0000000150. The van der Waals surface area contributed by atoms with Crippen LogP contribution in [0.1, 0.15) is 0 Å². The third-order valence-electron chi connectivity index (χ3n) is 0. The van der Waals surface area contributed by atoms with Gasteiger partial charge in [0.1, 0.15) is 0 Å². The molecule has 0 unspecified atom stereocenters. The van der Waals surface area contributed by atoms with E-state index in [1.54, 1.807) is 0 Å². The summed E-state index contributed by atoms with van der Waals surface area (Å²) in [7, 11) is 0. The van der Waals surface area contributed by atoms with Crippen LogP contribution in [0.2, 0.25) is 0 Å². The van der Waals surface area contributed by atoms with Gasteiger partial charge < -0.3 is 0 Å². The van der Waals surface area contributed by atoms with Crippen molar-refractivity contribution in [1.29, 1.82) is 0 Å². The van der Waals surface area contributed by atoms with E-state index in [4.69, 9.17) is 9.13 Å². The molecule has 0 aromatic heterocycles. The normalized spacial score (nSPS) is 3.57. The van der Waals surface area contributed by atoms with Gasteiger partial charge >= 0.3 is 6.88 Å². The van der Waals surface area contributed by atoms with Gasteiger partial charge in [-0.25, -0.2) is 9.13 Å². The predicted molar refractivity (Wildman–Crippen MR) is 34.6 cm³/mol. The third kappa shape index (κ3) is 115. The van der Waals surface area contributed by atoms with E-state index in [0.717, 1.165) is 0 Å². The molecule has 7 heavy (non-hydrogen) atoms. The van der Waals surface area contributed by atoms with E-state index < -0.39 is 6.88 Å². The van der Waals surface area contributed by atoms with Gasteiger partial charge in [0.2, 0.25) is 0 Å². The average molecular weight is 167 g/mol. The molecular weight excluding hydrogens is 166 g/mol. The summed E-state index contributed by atoms with van der Waals surface area (Å²) in [5.41, 5.74) is 0. The molecule has 0 saturated carbocycles. The van der Waals surface area contributed by atoms with Gasteiger partial charge in [-0.15, -0.1) is 12.4 Å². The van der Waals surface area contributed by atoms with Crippen LogP contribution in [0.4, 0.5) is 0 Å². The summed E-state index contributed by atoms with van der Waals surface area (Å²) < 4.78 is 17.7. The number of hydrogen-bond acceptors (Lipinski definition) is 2. The van der Waals surface area contributed by atoms with Gasteiger partial charge in [-0.1, -0.05) is 0 Å². The standard InChI is InChI=1S/ClH.Li.O2PS.Si/c;;1-3(2)4;/h1H;;;. The Labute approximate surface area is 70.4 Å². The quantitative estimate of drug-likeness (QED) is 0.396. The second-order valence-corrected chi connectivity index (χ2v) is 1.57. The van der Waals surface area contributed by atoms with E-state index in [9.17, 15) is 0 Å². The van der Waals surface area contributed by atoms with Crippen LogP contribution in [0.3, 0.4) is 0 Å². The van der Waals surface area contributed by atoms with Crippen LogP contribution in [-0.4, -0.2) is 29.8 Å². The zero-order chi connectivity index (χ0) is 3.58. The fraction of sp³-hybridized carbons (Fsp3) is 0. The Morgan fingerprint density at radius 2 is 1.29 bits per heavy atom. The van der Waals surface area contributed by atoms with Crippen LogP contribution in [0.5, 0.6) is 0 Å². The summed E-state index contributed by atoms with van der Waals surface area (Å²) in [6.07, 6.45) is 0. The average Bonchev–Trinajstić information content (AvgIpc) is 0.811. The minimum Gasteiger partial charge on any atom is -0.224 e. The Bertz CT molecular complexity index is 66.1. The molecule has 0 amide bonds. The molecule has 0 N–H and O–H groups in total. The van der Waals surface area contributed by atoms with E-state index in [1.165, 1.54) is 0 Å². The largest absolute Gasteiger partial charge is 0.390 e. The maximum atomic E-state index is 8.85. The molecule has 0 aromatic carbocycles. The maximum Gasteiger partial charge on any atom is 0.390 e. The molecule has 0 rings (SSSR count). The van der Waals surface area contributed by atoms with Crippen LogP contribution >= 0.6 is 31.5 Å². The minimum atomic E-state index is -2.54. The van der Waals surface area contributed by atoms with Gasteiger partial charge in [-0.2, -0.15) is 0 Å². The Kier molecular flexibility index (Phi) is 53.3. The summed E-state index contributed by atoms with van der Waals surface area (Å²) in [5.74, 6) is 0. The zero-order valence-corrected chi connectivity index (χ0v) is 7.11. The molecular formula is HClLiO2PSSi. The molecule has 0 heterocycles.